The number of amides is 2. The highest BCUT2D eigenvalue weighted by Gasteiger charge is 2.54. The van der Waals surface area contributed by atoms with Crippen LogP contribution >= 0.6 is 0 Å². The van der Waals surface area contributed by atoms with E-state index < -0.39 is 11.2 Å². The van der Waals surface area contributed by atoms with Gasteiger partial charge in [-0.05, 0) is 135 Å². The summed E-state index contributed by atoms with van der Waals surface area (Å²) in [6.07, 6.45) is 9.24. The van der Waals surface area contributed by atoms with Crippen LogP contribution in [0.2, 0.25) is 0 Å². The first-order valence-electron chi connectivity index (χ1n) is 19.2. The smallest absolute Gasteiger partial charge is 0.251 e. The van der Waals surface area contributed by atoms with Gasteiger partial charge in [-0.25, -0.2) is 14.4 Å². The number of nitrogens with one attached hydrogen (secondary N) is 3. The lowest BCUT2D eigenvalue weighted by Crippen LogP contribution is -2.58. The molecule has 1 spiro atoms. The molecule has 3 aliphatic heterocycles. The summed E-state index contributed by atoms with van der Waals surface area (Å²) in [5.41, 5.74) is 5.76. The van der Waals surface area contributed by atoms with Crippen LogP contribution in [-0.2, 0) is 10.2 Å². The Balaban J connectivity index is 1.19. The molecule has 1 saturated carbocycles. The van der Waals surface area contributed by atoms with E-state index >= 15 is 4.39 Å². The van der Waals surface area contributed by atoms with Crippen LogP contribution in [0, 0.1) is 12.7 Å². The molecule has 11 heteroatoms. The van der Waals surface area contributed by atoms with Crippen LogP contribution in [0.5, 0.6) is 0 Å². The van der Waals surface area contributed by atoms with E-state index in [2.05, 4.69) is 57.8 Å². The minimum Gasteiger partial charge on any atom is -0.350 e. The van der Waals surface area contributed by atoms with E-state index in [-0.39, 0.29) is 35.6 Å². The average molecular weight is 707 g/mol. The van der Waals surface area contributed by atoms with Gasteiger partial charge in [0.05, 0.1) is 28.6 Å². The first-order valence-corrected chi connectivity index (χ1v) is 19.2. The summed E-state index contributed by atoms with van der Waals surface area (Å²) in [6.45, 7) is 13.6. The van der Waals surface area contributed by atoms with Crippen molar-refractivity contribution in [1.29, 1.82) is 0 Å². The number of nitrogens with zero attached hydrogens (tertiary/aromatic N) is 5. The molecule has 2 aromatic heterocycles. The normalized spacial score (nSPS) is 21.6. The maximum absolute atomic E-state index is 15.6. The lowest BCUT2D eigenvalue weighted by molar-refractivity contribution is -0.125. The Morgan fingerprint density at radius 3 is 2.46 bits per heavy atom. The number of carbonyl (C=O) groups excluding carboxylic acids is 2. The fourth-order valence-corrected chi connectivity index (χ4v) is 8.97. The first-order chi connectivity index (χ1) is 25.0. The Kier molecular flexibility index (Phi) is 9.06. The number of aromatic nitrogens is 3. The number of hydrogen-bond donors (Lipinski definition) is 3. The maximum Gasteiger partial charge on any atom is 0.251 e. The van der Waals surface area contributed by atoms with Crippen molar-refractivity contribution in [3.63, 3.8) is 0 Å². The number of fused-ring (bicyclic) bond motifs is 3. The van der Waals surface area contributed by atoms with Gasteiger partial charge in [0.25, 0.3) is 5.91 Å². The number of pyridine rings is 1. The number of halogens is 1. The van der Waals surface area contributed by atoms with E-state index in [1.165, 1.54) is 25.3 Å². The highest BCUT2D eigenvalue weighted by molar-refractivity contribution is 6.09. The fourth-order valence-electron chi connectivity index (χ4n) is 8.97. The van der Waals surface area contributed by atoms with Crippen LogP contribution in [0.25, 0.3) is 22.3 Å². The summed E-state index contributed by atoms with van der Waals surface area (Å²) < 4.78 is 17.6. The second-order valence-corrected chi connectivity index (χ2v) is 16.0. The molecule has 274 valence electrons. The number of piperidine rings is 2. The SMILES string of the molecule is Cc1cc(F)c(Nc2nc(-c3ccc4c(c3)N([C@H]3C[C@@H](N5CCCCC5)C3)C(=O)C43CCNCC3)cc3ncn(C(C)C)c23)cc1C(=O)NC(C)C. The van der Waals surface area contributed by atoms with Gasteiger partial charge in [0.1, 0.15) is 11.3 Å². The fraction of sp³-hybridized carbons (Fsp3) is 0.512. The highest BCUT2D eigenvalue weighted by Crippen LogP contribution is 2.51. The van der Waals surface area contributed by atoms with Crippen molar-refractivity contribution < 1.29 is 14.0 Å². The van der Waals surface area contributed by atoms with Crippen molar-refractivity contribution in [3.8, 4) is 11.3 Å². The van der Waals surface area contributed by atoms with Crippen LogP contribution in [0.15, 0.2) is 42.7 Å². The standard InChI is InChI=1S/C41H51FN8O2/c1-24(2)45-39(51)30-21-34(32(42)17-26(30)5)47-38-37-35(44-23-49(37)25(3)4)22-33(46-38)27-9-10-31-36(18-27)50(40(52)41(31)11-13-43-14-12-41)29-19-28(20-29)48-15-7-6-8-16-48/h9-10,17-18,21-25,28-29,43H,6-8,11-16,19-20H2,1-5H3,(H,45,51)(H,46,47)/t28-,29+. The molecule has 0 atom stereocenters. The van der Waals surface area contributed by atoms with Crippen molar-refractivity contribution in [3.05, 3.63) is 65.2 Å². The Morgan fingerprint density at radius 2 is 1.75 bits per heavy atom. The van der Waals surface area contributed by atoms with Gasteiger partial charge in [0.2, 0.25) is 5.91 Å². The number of imidazole rings is 1. The zero-order chi connectivity index (χ0) is 36.3. The summed E-state index contributed by atoms with van der Waals surface area (Å²) in [5.74, 6) is -0.0379. The second-order valence-electron chi connectivity index (χ2n) is 16.0. The lowest BCUT2D eigenvalue weighted by Gasteiger charge is -2.48. The molecule has 2 aromatic carbocycles. The minimum absolute atomic E-state index is 0.0599. The molecule has 3 fully saturated rings. The number of rotatable bonds is 8. The van der Waals surface area contributed by atoms with E-state index in [4.69, 9.17) is 9.97 Å². The molecular weight excluding hydrogens is 656 g/mol. The summed E-state index contributed by atoms with van der Waals surface area (Å²) in [7, 11) is 0. The first kappa shape index (κ1) is 34.7. The molecule has 2 amide bonds. The van der Waals surface area contributed by atoms with E-state index in [0.29, 0.717) is 28.7 Å². The summed E-state index contributed by atoms with van der Waals surface area (Å²) in [5, 5.41) is 9.66. The van der Waals surface area contributed by atoms with Gasteiger partial charge in [0, 0.05) is 41.0 Å². The van der Waals surface area contributed by atoms with Gasteiger partial charge in [-0.1, -0.05) is 18.6 Å². The van der Waals surface area contributed by atoms with Gasteiger partial charge in [-0.2, -0.15) is 0 Å². The molecule has 52 heavy (non-hydrogen) atoms. The molecule has 4 aliphatic rings. The van der Waals surface area contributed by atoms with Crippen molar-refractivity contribution >= 4 is 40.0 Å². The van der Waals surface area contributed by atoms with E-state index in [0.717, 1.165) is 79.7 Å². The molecule has 10 nitrogen and oxygen atoms in total. The monoisotopic (exact) mass is 706 g/mol. The Labute approximate surface area is 305 Å². The molecule has 2 saturated heterocycles. The summed E-state index contributed by atoms with van der Waals surface area (Å²) >= 11 is 0. The summed E-state index contributed by atoms with van der Waals surface area (Å²) in [4.78, 5) is 42.3. The third kappa shape index (κ3) is 5.95. The van der Waals surface area contributed by atoms with Gasteiger partial charge in [0.15, 0.2) is 5.82 Å². The Bertz CT molecular complexity index is 2020. The van der Waals surface area contributed by atoms with Crippen LogP contribution in [0.4, 0.5) is 21.6 Å². The molecule has 3 N–H and O–H groups in total. The predicted molar refractivity (Wildman–Crippen MR) is 204 cm³/mol. The van der Waals surface area contributed by atoms with E-state index in [9.17, 15) is 9.59 Å². The van der Waals surface area contributed by atoms with Crippen molar-refractivity contribution in [2.75, 3.05) is 36.4 Å². The topological polar surface area (TPSA) is 107 Å². The van der Waals surface area contributed by atoms with Gasteiger partial charge in [-0.3, -0.25) is 9.59 Å². The van der Waals surface area contributed by atoms with Gasteiger partial charge in [-0.15, -0.1) is 0 Å². The molecule has 1 aliphatic carbocycles. The zero-order valence-electron chi connectivity index (χ0n) is 31.1. The largest absolute Gasteiger partial charge is 0.350 e. The lowest BCUT2D eigenvalue weighted by atomic mass is 9.74. The number of benzene rings is 2. The van der Waals surface area contributed by atoms with Crippen LogP contribution in [-0.4, -0.2) is 75.6 Å². The Hall–Kier alpha value is -4.35. The van der Waals surface area contributed by atoms with Crippen LogP contribution in [0.1, 0.15) is 100 Å². The number of aryl methyl sites for hydroxylation is 1. The van der Waals surface area contributed by atoms with Crippen LogP contribution < -0.4 is 20.9 Å². The Morgan fingerprint density at radius 1 is 1.00 bits per heavy atom. The van der Waals surface area contributed by atoms with Crippen molar-refractivity contribution in [1.82, 2.24) is 30.1 Å². The van der Waals surface area contributed by atoms with Crippen LogP contribution in [0.3, 0.4) is 0 Å². The number of likely N-dealkylation sites (tertiary alicyclic amines) is 1. The maximum atomic E-state index is 15.6. The predicted octanol–water partition coefficient (Wildman–Crippen LogP) is 6.99. The zero-order valence-corrected chi connectivity index (χ0v) is 31.1. The quantitative estimate of drug-likeness (QED) is 0.181. The third-order valence-electron chi connectivity index (χ3n) is 11.9. The third-order valence-corrected chi connectivity index (χ3v) is 11.9. The molecule has 8 rings (SSSR count). The minimum atomic E-state index is -0.502. The number of anilines is 3. The summed E-state index contributed by atoms with van der Waals surface area (Å²) in [6, 6.07) is 12.0. The highest BCUT2D eigenvalue weighted by atomic mass is 19.1. The van der Waals surface area contributed by atoms with Gasteiger partial charge >= 0.3 is 0 Å². The van der Waals surface area contributed by atoms with E-state index in [1.807, 2.05) is 24.5 Å². The van der Waals surface area contributed by atoms with Gasteiger partial charge < -0.3 is 30.3 Å². The average Bonchev–Trinajstić information content (AvgIpc) is 3.64. The molecule has 0 unspecified atom stereocenters. The molecule has 5 heterocycles. The van der Waals surface area contributed by atoms with Crippen molar-refractivity contribution in [2.45, 2.75) is 109 Å². The number of hydrogen-bond acceptors (Lipinski definition) is 7. The molecular formula is C41H51FN8O2. The molecule has 0 bridgehead atoms. The molecule has 0 radical (unpaired) electrons. The number of carbonyl (C=O) groups is 2. The second kappa shape index (κ2) is 13.6. The molecule has 4 aromatic rings. The van der Waals surface area contributed by atoms with Crippen molar-refractivity contribution in [2.24, 2.45) is 0 Å². The van der Waals surface area contributed by atoms with E-state index in [1.54, 1.807) is 19.3 Å².